The summed E-state index contributed by atoms with van der Waals surface area (Å²) in [7, 11) is 0. The third-order valence-electron chi connectivity index (χ3n) is 2.47. The lowest BCUT2D eigenvalue weighted by molar-refractivity contribution is -0.127. The second-order valence-corrected chi connectivity index (χ2v) is 3.22. The van der Waals surface area contributed by atoms with E-state index >= 15 is 0 Å². The predicted molar refractivity (Wildman–Crippen MR) is 52.1 cm³/mol. The fourth-order valence-electron chi connectivity index (χ4n) is 1.77. The number of carbonyl (C=O) groups is 1. The third-order valence-corrected chi connectivity index (χ3v) is 2.47. The molecule has 3 heteroatoms. The third kappa shape index (κ3) is 2.46. The van der Waals surface area contributed by atoms with Crippen LogP contribution in [0.4, 0.5) is 0 Å². The SMILES string of the molecule is C#CC(=O)N(CC)C1CCNCC1. The molecular formula is C10H16N2O. The molecule has 0 radical (unpaired) electrons. The number of carbonyl (C=O) groups excluding carboxylic acids is 1. The van der Waals surface area contributed by atoms with Crippen molar-refractivity contribution in [1.82, 2.24) is 10.2 Å². The quantitative estimate of drug-likeness (QED) is 0.617. The molecule has 1 rings (SSSR count). The molecule has 1 saturated heterocycles. The van der Waals surface area contributed by atoms with Gasteiger partial charge in [0.2, 0.25) is 0 Å². The first kappa shape index (κ1) is 10.1. The van der Waals surface area contributed by atoms with Crippen molar-refractivity contribution in [3.8, 4) is 12.3 Å². The molecule has 0 bridgehead atoms. The first-order chi connectivity index (χ1) is 6.29. The largest absolute Gasteiger partial charge is 0.329 e. The molecule has 0 aromatic carbocycles. The number of amides is 1. The Morgan fingerprint density at radius 3 is 2.69 bits per heavy atom. The molecule has 0 saturated carbocycles. The molecule has 0 atom stereocenters. The number of hydrogen-bond donors (Lipinski definition) is 1. The second-order valence-electron chi connectivity index (χ2n) is 3.22. The topological polar surface area (TPSA) is 32.3 Å². The summed E-state index contributed by atoms with van der Waals surface area (Å²) >= 11 is 0. The van der Waals surface area contributed by atoms with Gasteiger partial charge in [-0.1, -0.05) is 0 Å². The second kappa shape index (κ2) is 4.88. The first-order valence-corrected chi connectivity index (χ1v) is 4.77. The molecule has 1 amide bonds. The summed E-state index contributed by atoms with van der Waals surface area (Å²) in [6.45, 7) is 4.66. The molecule has 0 spiro atoms. The summed E-state index contributed by atoms with van der Waals surface area (Å²) in [5.41, 5.74) is 0. The van der Waals surface area contributed by atoms with Crippen molar-refractivity contribution in [2.45, 2.75) is 25.8 Å². The summed E-state index contributed by atoms with van der Waals surface area (Å²) in [4.78, 5) is 13.1. The Labute approximate surface area is 79.5 Å². The smallest absolute Gasteiger partial charge is 0.298 e. The maximum Gasteiger partial charge on any atom is 0.298 e. The summed E-state index contributed by atoms with van der Waals surface area (Å²) in [5.74, 6) is 2.01. The molecular weight excluding hydrogens is 164 g/mol. The fourth-order valence-corrected chi connectivity index (χ4v) is 1.77. The van der Waals surface area contributed by atoms with Crippen LogP contribution in [0.1, 0.15) is 19.8 Å². The molecule has 3 nitrogen and oxygen atoms in total. The van der Waals surface area contributed by atoms with E-state index < -0.39 is 0 Å². The van der Waals surface area contributed by atoms with E-state index in [0.717, 1.165) is 25.9 Å². The van der Waals surface area contributed by atoms with Crippen LogP contribution < -0.4 is 5.32 Å². The Balaban J connectivity index is 2.54. The maximum absolute atomic E-state index is 11.3. The molecule has 0 aliphatic carbocycles. The van der Waals surface area contributed by atoms with Crippen LogP contribution in [0.2, 0.25) is 0 Å². The minimum absolute atomic E-state index is 0.172. The Morgan fingerprint density at radius 1 is 1.62 bits per heavy atom. The zero-order chi connectivity index (χ0) is 9.68. The van der Waals surface area contributed by atoms with Crippen molar-refractivity contribution in [2.24, 2.45) is 0 Å². The molecule has 0 aromatic heterocycles. The lowest BCUT2D eigenvalue weighted by atomic mass is 10.0. The summed E-state index contributed by atoms with van der Waals surface area (Å²) in [6, 6.07) is 0.342. The minimum Gasteiger partial charge on any atom is -0.329 e. The van der Waals surface area contributed by atoms with Crippen LogP contribution in [0, 0.1) is 12.3 Å². The van der Waals surface area contributed by atoms with Crippen molar-refractivity contribution < 1.29 is 4.79 Å². The van der Waals surface area contributed by atoms with Gasteiger partial charge in [0, 0.05) is 12.6 Å². The van der Waals surface area contributed by atoms with E-state index in [1.54, 1.807) is 4.90 Å². The number of rotatable bonds is 2. The fraction of sp³-hybridized carbons (Fsp3) is 0.700. The Bertz CT molecular complexity index is 213. The van der Waals surface area contributed by atoms with Crippen LogP contribution >= 0.6 is 0 Å². The molecule has 13 heavy (non-hydrogen) atoms. The van der Waals surface area contributed by atoms with Crippen molar-refractivity contribution in [3.63, 3.8) is 0 Å². The van der Waals surface area contributed by atoms with Gasteiger partial charge in [-0.15, -0.1) is 6.42 Å². The van der Waals surface area contributed by atoms with Gasteiger partial charge in [-0.25, -0.2) is 0 Å². The van der Waals surface area contributed by atoms with Gasteiger partial charge in [-0.2, -0.15) is 0 Å². The summed E-state index contributed by atoms with van der Waals surface area (Å²) in [5, 5.41) is 3.26. The van der Waals surface area contributed by atoms with E-state index in [1.165, 1.54) is 0 Å². The molecule has 1 N–H and O–H groups in total. The van der Waals surface area contributed by atoms with Crippen molar-refractivity contribution >= 4 is 5.91 Å². The summed E-state index contributed by atoms with van der Waals surface area (Å²) in [6.07, 6.45) is 7.13. The number of nitrogens with zero attached hydrogens (tertiary/aromatic N) is 1. The van der Waals surface area contributed by atoms with Crippen LogP contribution in [0.15, 0.2) is 0 Å². The normalized spacial score (nSPS) is 17.8. The number of nitrogens with one attached hydrogen (secondary N) is 1. The van der Waals surface area contributed by atoms with Crippen LogP contribution in [-0.4, -0.2) is 36.5 Å². The molecule has 1 aliphatic rings. The Kier molecular flexibility index (Phi) is 3.78. The monoisotopic (exact) mass is 180 g/mol. The highest BCUT2D eigenvalue weighted by atomic mass is 16.2. The molecule has 1 fully saturated rings. The van der Waals surface area contributed by atoms with Gasteiger partial charge >= 0.3 is 0 Å². The van der Waals surface area contributed by atoms with Crippen LogP contribution in [0.25, 0.3) is 0 Å². The average molecular weight is 180 g/mol. The van der Waals surface area contributed by atoms with E-state index in [-0.39, 0.29) is 5.91 Å². The zero-order valence-corrected chi connectivity index (χ0v) is 8.05. The van der Waals surface area contributed by atoms with Crippen LogP contribution in [0.3, 0.4) is 0 Å². The first-order valence-electron chi connectivity index (χ1n) is 4.77. The maximum atomic E-state index is 11.3. The van der Waals surface area contributed by atoms with Crippen LogP contribution in [-0.2, 0) is 4.79 Å². The van der Waals surface area contributed by atoms with Crippen molar-refractivity contribution in [3.05, 3.63) is 0 Å². The van der Waals surface area contributed by atoms with Crippen molar-refractivity contribution in [2.75, 3.05) is 19.6 Å². The highest BCUT2D eigenvalue weighted by Gasteiger charge is 2.22. The van der Waals surface area contributed by atoms with E-state index in [0.29, 0.717) is 12.6 Å². The lowest BCUT2D eigenvalue weighted by Crippen LogP contribution is -2.45. The van der Waals surface area contributed by atoms with Gasteiger partial charge in [-0.3, -0.25) is 4.79 Å². The van der Waals surface area contributed by atoms with Crippen LogP contribution in [0.5, 0.6) is 0 Å². The number of hydrogen-bond acceptors (Lipinski definition) is 2. The molecule has 0 aromatic rings. The van der Waals surface area contributed by atoms with Gasteiger partial charge in [0.25, 0.3) is 5.91 Å². The highest BCUT2D eigenvalue weighted by Crippen LogP contribution is 2.11. The number of terminal acetylenes is 1. The van der Waals surface area contributed by atoms with E-state index in [4.69, 9.17) is 6.42 Å². The molecule has 1 aliphatic heterocycles. The number of piperidine rings is 1. The van der Waals surface area contributed by atoms with Gasteiger partial charge in [-0.05, 0) is 38.8 Å². The lowest BCUT2D eigenvalue weighted by Gasteiger charge is -2.32. The molecule has 1 heterocycles. The molecule has 0 unspecified atom stereocenters. The molecule has 72 valence electrons. The Morgan fingerprint density at radius 2 is 2.23 bits per heavy atom. The summed E-state index contributed by atoms with van der Waals surface area (Å²) < 4.78 is 0. The van der Waals surface area contributed by atoms with Gasteiger partial charge < -0.3 is 10.2 Å². The van der Waals surface area contributed by atoms with Crippen molar-refractivity contribution in [1.29, 1.82) is 0 Å². The predicted octanol–water partition coefficient (Wildman–Crippen LogP) is 0.220. The average Bonchev–Trinajstić information content (AvgIpc) is 2.20. The minimum atomic E-state index is -0.172. The van der Waals surface area contributed by atoms with Gasteiger partial charge in [0.1, 0.15) is 0 Å². The van der Waals surface area contributed by atoms with Gasteiger partial charge in [0.05, 0.1) is 0 Å². The van der Waals surface area contributed by atoms with E-state index in [9.17, 15) is 4.79 Å². The van der Waals surface area contributed by atoms with Gasteiger partial charge in [0.15, 0.2) is 0 Å². The Hall–Kier alpha value is -1.01. The highest BCUT2D eigenvalue weighted by molar-refractivity contribution is 5.93. The standard InChI is InChI=1S/C10H16N2O/c1-3-10(13)12(4-2)9-5-7-11-8-6-9/h1,9,11H,4-8H2,2H3. The van der Waals surface area contributed by atoms with E-state index in [1.807, 2.05) is 6.92 Å². The van der Waals surface area contributed by atoms with E-state index in [2.05, 4.69) is 11.2 Å². The zero-order valence-electron chi connectivity index (χ0n) is 8.05.